The molecule has 5 nitrogen and oxygen atoms in total. The van der Waals surface area contributed by atoms with Crippen molar-refractivity contribution in [2.75, 3.05) is 0 Å². The minimum atomic E-state index is -0.430. The van der Waals surface area contributed by atoms with Gasteiger partial charge in [0.05, 0.1) is 22.4 Å². The summed E-state index contributed by atoms with van der Waals surface area (Å²) in [4.78, 5) is 0. The number of rotatable bonds is 14. The van der Waals surface area contributed by atoms with Crippen molar-refractivity contribution in [2.45, 2.75) is 181 Å². The van der Waals surface area contributed by atoms with E-state index in [2.05, 4.69) is 113 Å². The molecule has 49 heavy (non-hydrogen) atoms. The summed E-state index contributed by atoms with van der Waals surface area (Å²) in [5.41, 5.74) is 3.85. The molecule has 0 amide bonds. The summed E-state index contributed by atoms with van der Waals surface area (Å²) in [6, 6.07) is 13.5. The predicted octanol–water partition coefficient (Wildman–Crippen LogP) is 9.90. The first-order valence-electron chi connectivity index (χ1n) is 19.7. The van der Waals surface area contributed by atoms with E-state index >= 15 is 0 Å². The molecule has 3 atom stereocenters. The van der Waals surface area contributed by atoms with Gasteiger partial charge in [-0.3, -0.25) is 0 Å². The molecular formula is C42H64B2O5. The third-order valence-corrected chi connectivity index (χ3v) is 13.5. The van der Waals surface area contributed by atoms with Gasteiger partial charge in [0.2, 0.25) is 0 Å². The van der Waals surface area contributed by atoms with Crippen molar-refractivity contribution in [3.05, 3.63) is 42.0 Å². The Morgan fingerprint density at radius 1 is 0.551 bits per heavy atom. The van der Waals surface area contributed by atoms with Crippen LogP contribution in [0.15, 0.2) is 36.4 Å². The van der Waals surface area contributed by atoms with Gasteiger partial charge in [-0.25, -0.2) is 0 Å². The summed E-state index contributed by atoms with van der Waals surface area (Å²) < 4.78 is 33.8. The molecule has 1 spiro atoms. The maximum absolute atomic E-state index is 7.55. The quantitative estimate of drug-likeness (QED) is 0.148. The molecule has 2 saturated heterocycles. The van der Waals surface area contributed by atoms with E-state index in [0.29, 0.717) is 5.92 Å². The van der Waals surface area contributed by atoms with Crippen LogP contribution >= 0.6 is 0 Å². The Morgan fingerprint density at radius 3 is 1.55 bits per heavy atom. The second kappa shape index (κ2) is 13.3. The third kappa shape index (κ3) is 6.36. The summed E-state index contributed by atoms with van der Waals surface area (Å²) in [5, 5.41) is 0. The fourth-order valence-electron chi connectivity index (χ4n) is 8.78. The lowest BCUT2D eigenvalue weighted by Gasteiger charge is -2.34. The van der Waals surface area contributed by atoms with E-state index in [1.54, 1.807) is 0 Å². The van der Waals surface area contributed by atoms with E-state index in [1.165, 1.54) is 88.2 Å². The zero-order chi connectivity index (χ0) is 35.5. The Balaban J connectivity index is 1.41. The lowest BCUT2D eigenvalue weighted by atomic mass is 9.74. The monoisotopic (exact) mass is 670 g/mol. The van der Waals surface area contributed by atoms with Crippen LogP contribution in [0.25, 0.3) is 11.1 Å². The number of hydrogen-bond donors (Lipinski definition) is 0. The average molecular weight is 671 g/mol. The standard InChI is InChI=1S/C42H64B2O5/c1-12-14-16-18-20-22-36-41(11,27-21-19-17-15-13-2)42(36)34-28-30(43-46-37(3,4)38(5,6)47-43)23-25-32(34)33-26-24-31(29-35(33)45-42)44-48-39(7,8)40(9,10)49-44/h23-26,28-29,36H,12-22,27H2,1-11H3. The molecule has 2 aromatic carbocycles. The van der Waals surface area contributed by atoms with Gasteiger partial charge < -0.3 is 23.4 Å². The number of benzene rings is 2. The van der Waals surface area contributed by atoms with Gasteiger partial charge in [-0.2, -0.15) is 0 Å². The maximum atomic E-state index is 7.55. The molecule has 0 N–H and O–H groups in total. The topological polar surface area (TPSA) is 46.2 Å². The SMILES string of the molecule is CCCCCCCC1C(C)(CCCCCCC)C12Oc1cc(B3OC(C)(C)C(C)(C)O3)ccc1-c1ccc(B3OC(C)(C)C(C)(C)O3)cc12. The Kier molecular flexibility index (Phi) is 10.1. The van der Waals surface area contributed by atoms with Gasteiger partial charge in [0, 0.05) is 22.5 Å². The molecule has 2 aromatic rings. The zero-order valence-electron chi connectivity index (χ0n) is 32.7. The van der Waals surface area contributed by atoms with Gasteiger partial charge in [0.25, 0.3) is 0 Å². The maximum Gasteiger partial charge on any atom is 0.494 e. The fraction of sp³-hybridized carbons (Fsp3) is 0.714. The molecule has 268 valence electrons. The van der Waals surface area contributed by atoms with E-state index in [4.69, 9.17) is 23.4 Å². The van der Waals surface area contributed by atoms with Crippen molar-refractivity contribution in [1.29, 1.82) is 0 Å². The first-order valence-corrected chi connectivity index (χ1v) is 19.7. The van der Waals surface area contributed by atoms with Crippen molar-refractivity contribution < 1.29 is 23.4 Å². The van der Waals surface area contributed by atoms with Crippen LogP contribution < -0.4 is 15.7 Å². The highest BCUT2D eigenvalue weighted by molar-refractivity contribution is 6.62. The molecule has 0 aromatic heterocycles. The van der Waals surface area contributed by atoms with Crippen LogP contribution in [0.2, 0.25) is 0 Å². The number of unbranched alkanes of at least 4 members (excludes halogenated alkanes) is 8. The summed E-state index contributed by atoms with van der Waals surface area (Å²) in [7, 11) is -0.841. The molecular weight excluding hydrogens is 606 g/mol. The summed E-state index contributed by atoms with van der Waals surface area (Å²) in [5.74, 6) is 1.39. The van der Waals surface area contributed by atoms with E-state index < -0.39 is 42.2 Å². The molecule has 7 heteroatoms. The second-order valence-electron chi connectivity index (χ2n) is 17.9. The summed E-state index contributed by atoms with van der Waals surface area (Å²) in [6.07, 6.45) is 15.2. The molecule has 6 rings (SSSR count). The van der Waals surface area contributed by atoms with Crippen LogP contribution in [0.1, 0.15) is 159 Å². The number of hydrogen-bond acceptors (Lipinski definition) is 5. The first kappa shape index (κ1) is 37.0. The smallest absolute Gasteiger partial charge is 0.481 e. The van der Waals surface area contributed by atoms with Crippen LogP contribution in [0.5, 0.6) is 5.75 Å². The van der Waals surface area contributed by atoms with Crippen LogP contribution in [-0.2, 0) is 24.2 Å². The molecule has 0 radical (unpaired) electrons. The van der Waals surface area contributed by atoms with E-state index in [-0.39, 0.29) is 5.41 Å². The minimum absolute atomic E-state index is 0.0330. The second-order valence-corrected chi connectivity index (χ2v) is 17.9. The van der Waals surface area contributed by atoms with Gasteiger partial charge in [0.1, 0.15) is 11.4 Å². The van der Waals surface area contributed by atoms with Gasteiger partial charge in [-0.05, 0) is 90.8 Å². The normalized spacial score (nSPS) is 28.4. The van der Waals surface area contributed by atoms with Crippen LogP contribution in [0, 0.1) is 11.3 Å². The van der Waals surface area contributed by atoms with E-state index in [1.807, 2.05) is 0 Å². The largest absolute Gasteiger partial charge is 0.494 e. The lowest BCUT2D eigenvalue weighted by Crippen LogP contribution is -2.41. The summed E-state index contributed by atoms with van der Waals surface area (Å²) >= 11 is 0. The predicted molar refractivity (Wildman–Crippen MR) is 204 cm³/mol. The van der Waals surface area contributed by atoms with E-state index in [9.17, 15) is 0 Å². The van der Waals surface area contributed by atoms with Crippen LogP contribution in [0.3, 0.4) is 0 Å². The van der Waals surface area contributed by atoms with Crippen molar-refractivity contribution in [3.63, 3.8) is 0 Å². The highest BCUT2D eigenvalue weighted by atomic mass is 16.7. The van der Waals surface area contributed by atoms with Crippen LogP contribution in [0.4, 0.5) is 0 Å². The fourth-order valence-corrected chi connectivity index (χ4v) is 8.78. The molecule has 3 aliphatic heterocycles. The molecule has 0 bridgehead atoms. The zero-order valence-corrected chi connectivity index (χ0v) is 32.7. The van der Waals surface area contributed by atoms with Crippen molar-refractivity contribution >= 4 is 25.2 Å². The molecule has 1 saturated carbocycles. The van der Waals surface area contributed by atoms with Gasteiger partial charge >= 0.3 is 14.2 Å². The first-order chi connectivity index (χ1) is 23.0. The van der Waals surface area contributed by atoms with Crippen LogP contribution in [-0.4, -0.2) is 36.6 Å². The van der Waals surface area contributed by atoms with E-state index in [0.717, 1.165) is 22.2 Å². The van der Waals surface area contributed by atoms with Gasteiger partial charge in [-0.1, -0.05) is 115 Å². The van der Waals surface area contributed by atoms with Crippen molar-refractivity contribution in [1.82, 2.24) is 0 Å². The molecule has 3 fully saturated rings. The highest BCUT2D eigenvalue weighted by Gasteiger charge is 2.77. The number of fused-ring (bicyclic) bond motifs is 4. The molecule has 1 aliphatic carbocycles. The Labute approximate surface area is 299 Å². The third-order valence-electron chi connectivity index (χ3n) is 13.5. The Hall–Kier alpha value is -1.79. The molecule has 3 heterocycles. The molecule has 3 unspecified atom stereocenters. The molecule has 4 aliphatic rings. The Morgan fingerprint density at radius 2 is 1.02 bits per heavy atom. The minimum Gasteiger partial charge on any atom is -0.481 e. The van der Waals surface area contributed by atoms with Crippen molar-refractivity contribution in [3.8, 4) is 16.9 Å². The highest BCUT2D eigenvalue weighted by Crippen LogP contribution is 2.76. The Bertz CT molecular complexity index is 1470. The average Bonchev–Trinajstić information content (AvgIpc) is 3.28. The number of ether oxygens (including phenoxy) is 1. The van der Waals surface area contributed by atoms with Crippen molar-refractivity contribution in [2.24, 2.45) is 11.3 Å². The summed E-state index contributed by atoms with van der Waals surface area (Å²) in [6.45, 7) is 24.1. The van der Waals surface area contributed by atoms with Gasteiger partial charge in [-0.15, -0.1) is 0 Å². The van der Waals surface area contributed by atoms with Gasteiger partial charge in [0.15, 0.2) is 0 Å². The lowest BCUT2D eigenvalue weighted by molar-refractivity contribution is 0.00578.